The number of hydrogen-bond acceptors (Lipinski definition) is 2. The van der Waals surface area contributed by atoms with Crippen LogP contribution in [0.1, 0.15) is 23.7 Å². The van der Waals surface area contributed by atoms with Crippen molar-refractivity contribution in [2.24, 2.45) is 0 Å². The van der Waals surface area contributed by atoms with E-state index in [-0.39, 0.29) is 5.91 Å². The van der Waals surface area contributed by atoms with Crippen LogP contribution in [0.5, 0.6) is 0 Å². The summed E-state index contributed by atoms with van der Waals surface area (Å²) >= 11 is 5.52. The molecule has 1 aliphatic heterocycles. The molecule has 0 bridgehead atoms. The Balaban J connectivity index is 2.14. The molecule has 1 fully saturated rings. The van der Waals surface area contributed by atoms with E-state index < -0.39 is 5.60 Å². The number of rotatable bonds is 2. The van der Waals surface area contributed by atoms with Crippen LogP contribution in [0.2, 0.25) is 0 Å². The molecule has 1 N–H and O–H groups in total. The normalized spacial score (nSPS) is 17.8. The molecule has 0 aromatic heterocycles. The molecule has 0 spiro atoms. The van der Waals surface area contributed by atoms with Gasteiger partial charge in [0.25, 0.3) is 5.91 Å². The molecule has 1 heterocycles. The van der Waals surface area contributed by atoms with Crippen LogP contribution in [0.3, 0.4) is 0 Å². The lowest BCUT2D eigenvalue weighted by Gasteiger charge is -2.46. The van der Waals surface area contributed by atoms with Gasteiger partial charge in [-0.25, -0.2) is 0 Å². The van der Waals surface area contributed by atoms with Crippen molar-refractivity contribution in [3.8, 4) is 0 Å². The number of β-amino-alcohol motifs (C(OH)–C–C–N with tert-alkyl or cyclic N) is 1. The summed E-state index contributed by atoms with van der Waals surface area (Å²) in [5.41, 5.74) is 0.0192. The molecule has 0 saturated carbocycles. The van der Waals surface area contributed by atoms with Gasteiger partial charge in [-0.2, -0.15) is 0 Å². The van der Waals surface area contributed by atoms with E-state index in [2.05, 4.69) is 38.5 Å². The fraction of sp³-hybridized carbons (Fsp3) is 0.417. The average Bonchev–Trinajstić information content (AvgIpc) is 2.27. The molecule has 0 aliphatic carbocycles. The smallest absolute Gasteiger partial charge is 0.255 e. The van der Waals surface area contributed by atoms with E-state index >= 15 is 0 Å². The molecule has 1 aromatic rings. The monoisotopic (exact) mass is 409 g/mol. The zero-order valence-corrected chi connectivity index (χ0v) is 13.2. The molecule has 0 radical (unpaired) electrons. The van der Waals surface area contributed by atoms with E-state index in [4.69, 9.17) is 0 Å². The molecule has 1 amide bonds. The summed E-state index contributed by atoms with van der Waals surface area (Å²) in [6.45, 7) is 2.81. The minimum Gasteiger partial charge on any atom is -0.386 e. The molecule has 1 saturated heterocycles. The van der Waals surface area contributed by atoms with Crippen LogP contribution in [-0.4, -0.2) is 34.6 Å². The zero-order valence-electron chi connectivity index (χ0n) is 9.41. The first-order valence-corrected chi connectivity index (χ1v) is 7.29. The van der Waals surface area contributed by atoms with Gasteiger partial charge in [0.2, 0.25) is 0 Å². The van der Waals surface area contributed by atoms with Gasteiger partial charge < -0.3 is 10.0 Å². The van der Waals surface area contributed by atoms with Gasteiger partial charge in [-0.05, 0) is 47.2 Å². The highest BCUT2D eigenvalue weighted by Crippen LogP contribution is 2.28. The Morgan fingerprint density at radius 3 is 2.82 bits per heavy atom. The maximum atomic E-state index is 12.2. The maximum absolute atomic E-state index is 12.2. The van der Waals surface area contributed by atoms with Crippen molar-refractivity contribution < 1.29 is 9.90 Å². The second kappa shape index (κ2) is 4.85. The molecule has 3 nitrogen and oxygen atoms in total. The third-order valence-corrected chi connectivity index (χ3v) is 4.51. The molecule has 2 rings (SSSR count). The lowest BCUT2D eigenvalue weighted by molar-refractivity contribution is -0.0826. The summed E-state index contributed by atoms with van der Waals surface area (Å²) < 4.78 is 1.83. The van der Waals surface area contributed by atoms with Crippen LogP contribution in [0.4, 0.5) is 0 Å². The van der Waals surface area contributed by atoms with Crippen LogP contribution in [0, 0.1) is 3.57 Å². The average molecular weight is 410 g/mol. The van der Waals surface area contributed by atoms with E-state index in [1.807, 2.05) is 25.1 Å². The number of hydrogen-bond donors (Lipinski definition) is 1. The molecular weight excluding hydrogens is 397 g/mol. The van der Waals surface area contributed by atoms with Gasteiger partial charge in [0.1, 0.15) is 0 Å². The number of benzene rings is 1. The third kappa shape index (κ3) is 2.66. The lowest BCUT2D eigenvalue weighted by Crippen LogP contribution is -2.63. The van der Waals surface area contributed by atoms with Gasteiger partial charge in [0, 0.05) is 8.04 Å². The number of amides is 1. The summed E-state index contributed by atoms with van der Waals surface area (Å²) in [6, 6.07) is 5.65. The molecule has 0 unspecified atom stereocenters. The maximum Gasteiger partial charge on any atom is 0.255 e. The molecule has 1 aliphatic rings. The molecule has 17 heavy (non-hydrogen) atoms. The highest BCUT2D eigenvalue weighted by Gasteiger charge is 2.42. The summed E-state index contributed by atoms with van der Waals surface area (Å²) in [5, 5.41) is 9.90. The predicted molar refractivity (Wildman–Crippen MR) is 78.0 cm³/mol. The second-order valence-electron chi connectivity index (χ2n) is 4.36. The largest absolute Gasteiger partial charge is 0.386 e. The van der Waals surface area contributed by atoms with E-state index in [0.717, 1.165) is 8.04 Å². The minimum atomic E-state index is -0.674. The first-order chi connectivity index (χ1) is 7.95. The Hall–Kier alpha value is -0.140. The van der Waals surface area contributed by atoms with Gasteiger partial charge in [0.05, 0.1) is 24.3 Å². The van der Waals surface area contributed by atoms with Gasteiger partial charge >= 0.3 is 0 Å². The summed E-state index contributed by atoms with van der Waals surface area (Å²) in [6.07, 6.45) is 0.687. The predicted octanol–water partition coefficient (Wildman–Crippen LogP) is 2.65. The number of aliphatic hydroxyl groups is 1. The highest BCUT2D eigenvalue weighted by molar-refractivity contribution is 14.1. The molecule has 92 valence electrons. The summed E-state index contributed by atoms with van der Waals surface area (Å²) in [5.74, 6) is -0.00572. The quantitative estimate of drug-likeness (QED) is 0.763. The van der Waals surface area contributed by atoms with E-state index in [1.165, 1.54) is 0 Å². The number of nitrogens with zero attached hydrogens (tertiary/aromatic N) is 1. The number of halogens is 2. The zero-order chi connectivity index (χ0) is 12.6. The van der Waals surface area contributed by atoms with Crippen molar-refractivity contribution in [1.29, 1.82) is 0 Å². The van der Waals surface area contributed by atoms with Crippen LogP contribution < -0.4 is 0 Å². The third-order valence-electron chi connectivity index (χ3n) is 3.07. The van der Waals surface area contributed by atoms with E-state index in [9.17, 15) is 9.90 Å². The van der Waals surface area contributed by atoms with Crippen molar-refractivity contribution >= 4 is 44.4 Å². The standard InChI is InChI=1S/C12H13BrINO2/c1-2-12(17)6-15(7-12)11(16)9-5-8(13)3-4-10(9)14/h3-5,17H,2,6-7H2,1H3. The molecule has 5 heteroatoms. The number of carbonyl (C=O) groups is 1. The molecular formula is C12H13BrINO2. The Kier molecular flexibility index (Phi) is 3.80. The minimum absolute atomic E-state index is 0.00572. The number of likely N-dealkylation sites (tertiary alicyclic amines) is 1. The van der Waals surface area contributed by atoms with Crippen LogP contribution >= 0.6 is 38.5 Å². The van der Waals surface area contributed by atoms with Gasteiger partial charge in [-0.15, -0.1) is 0 Å². The molecule has 0 atom stereocenters. The highest BCUT2D eigenvalue weighted by atomic mass is 127. The van der Waals surface area contributed by atoms with Gasteiger partial charge in [-0.1, -0.05) is 22.9 Å². The first kappa shape index (κ1) is 13.3. The van der Waals surface area contributed by atoms with Crippen LogP contribution in [0.25, 0.3) is 0 Å². The lowest BCUT2D eigenvalue weighted by atomic mass is 9.90. The van der Waals surface area contributed by atoms with Gasteiger partial charge in [-0.3, -0.25) is 4.79 Å². The molecule has 1 aromatic carbocycles. The summed E-state index contributed by atoms with van der Waals surface area (Å²) in [4.78, 5) is 13.9. The van der Waals surface area contributed by atoms with Crippen molar-refractivity contribution in [3.05, 3.63) is 31.8 Å². The fourth-order valence-electron chi connectivity index (χ4n) is 1.86. The fourth-order valence-corrected chi connectivity index (χ4v) is 2.79. The second-order valence-corrected chi connectivity index (χ2v) is 6.44. The Labute approximate surface area is 122 Å². The van der Waals surface area contributed by atoms with Crippen LogP contribution in [-0.2, 0) is 0 Å². The van der Waals surface area contributed by atoms with E-state index in [0.29, 0.717) is 25.1 Å². The Bertz CT molecular complexity index is 458. The summed E-state index contributed by atoms with van der Waals surface area (Å²) in [7, 11) is 0. The first-order valence-electron chi connectivity index (χ1n) is 5.42. The van der Waals surface area contributed by atoms with Crippen molar-refractivity contribution in [3.63, 3.8) is 0 Å². The Morgan fingerprint density at radius 2 is 2.24 bits per heavy atom. The van der Waals surface area contributed by atoms with Crippen molar-refractivity contribution in [2.75, 3.05) is 13.1 Å². The van der Waals surface area contributed by atoms with E-state index in [1.54, 1.807) is 4.90 Å². The van der Waals surface area contributed by atoms with Crippen molar-refractivity contribution in [2.45, 2.75) is 18.9 Å². The SMILES string of the molecule is CCC1(O)CN(C(=O)c2cc(Br)ccc2I)C1. The van der Waals surface area contributed by atoms with Crippen molar-refractivity contribution in [1.82, 2.24) is 4.90 Å². The van der Waals surface area contributed by atoms with Gasteiger partial charge in [0.15, 0.2) is 0 Å². The Morgan fingerprint density at radius 1 is 1.59 bits per heavy atom. The topological polar surface area (TPSA) is 40.5 Å². The van der Waals surface area contributed by atoms with Crippen LogP contribution in [0.15, 0.2) is 22.7 Å². The number of carbonyl (C=O) groups excluding carboxylic acids is 1.